The van der Waals surface area contributed by atoms with E-state index in [0.717, 1.165) is 62.3 Å². The average molecular weight is 936 g/mol. The summed E-state index contributed by atoms with van der Waals surface area (Å²) in [5, 5.41) is 2.61. The van der Waals surface area contributed by atoms with Crippen LogP contribution >= 0.6 is 11.3 Å². The third-order valence-corrected chi connectivity index (χ3v) is 17.2. The van der Waals surface area contributed by atoms with Crippen LogP contribution in [-0.4, -0.2) is 0 Å². The van der Waals surface area contributed by atoms with Crippen molar-refractivity contribution in [3.63, 3.8) is 0 Å². The van der Waals surface area contributed by atoms with Gasteiger partial charge in [0.2, 0.25) is 0 Å². The summed E-state index contributed by atoms with van der Waals surface area (Å²) in [5.41, 5.74) is 19.0. The average Bonchev–Trinajstić information content (AvgIpc) is 4.07. The topological polar surface area (TPSA) is 21.7 Å². The fourth-order valence-electron chi connectivity index (χ4n) is 13.2. The van der Waals surface area contributed by atoms with E-state index in [2.05, 4.69) is 254 Å². The van der Waals surface area contributed by atoms with E-state index < -0.39 is 10.8 Å². The smallest absolute Gasteiger partial charge is 0.132 e. The lowest BCUT2D eigenvalue weighted by Gasteiger charge is -2.39. The molecule has 0 fully saturated rings. The summed E-state index contributed by atoms with van der Waals surface area (Å²) >= 11 is 1.87. The van der Waals surface area contributed by atoms with Crippen molar-refractivity contribution in [2.45, 2.75) is 10.8 Å². The zero-order chi connectivity index (χ0) is 47.1. The molecule has 2 aliphatic carbocycles. The van der Waals surface area contributed by atoms with E-state index >= 15 is 0 Å². The number of hydrogen-bond acceptors (Lipinski definition) is 4. The Kier molecular flexibility index (Phi) is 8.18. The van der Waals surface area contributed by atoms with E-state index in [4.69, 9.17) is 9.47 Å². The SMILES string of the molecule is c1ccc2c(c1)Oc1ccccc1C21c2ccccc2-c2cc(N(c3ccc(-c4cccc5c4sc4ccccc45)cc3)c3cccc4c3-c3ccccc3C43c4ccccc4Oc4ccccc43)ccc21. The minimum atomic E-state index is -0.612. The summed E-state index contributed by atoms with van der Waals surface area (Å²) < 4.78 is 16.1. The van der Waals surface area contributed by atoms with Gasteiger partial charge in [-0.3, -0.25) is 0 Å². The minimum Gasteiger partial charge on any atom is -0.457 e. The maximum absolute atomic E-state index is 6.75. The van der Waals surface area contributed by atoms with Gasteiger partial charge in [0, 0.05) is 59.4 Å². The Balaban J connectivity index is 0.958. The lowest BCUT2D eigenvalue weighted by Crippen LogP contribution is -2.32. The molecule has 2 spiro atoms. The molecule has 11 aromatic carbocycles. The molecule has 0 radical (unpaired) electrons. The first-order valence-corrected chi connectivity index (χ1v) is 25.6. The molecular weight excluding hydrogens is 895 g/mol. The summed E-state index contributed by atoms with van der Waals surface area (Å²) in [4.78, 5) is 2.51. The summed E-state index contributed by atoms with van der Waals surface area (Å²) in [6.45, 7) is 0. The van der Waals surface area contributed by atoms with Gasteiger partial charge in [0.25, 0.3) is 0 Å². The molecule has 0 saturated heterocycles. The van der Waals surface area contributed by atoms with Crippen LogP contribution in [0.2, 0.25) is 0 Å². The fourth-order valence-corrected chi connectivity index (χ4v) is 14.5. The number of thiophene rings is 1. The predicted molar refractivity (Wildman–Crippen MR) is 294 cm³/mol. The Hall–Kier alpha value is -8.96. The molecule has 0 unspecified atom stereocenters. The van der Waals surface area contributed by atoms with Gasteiger partial charge in [-0.2, -0.15) is 0 Å². The lowest BCUT2D eigenvalue weighted by atomic mass is 9.66. The van der Waals surface area contributed by atoms with Gasteiger partial charge >= 0.3 is 0 Å². The highest BCUT2D eigenvalue weighted by Crippen LogP contribution is 2.66. The van der Waals surface area contributed by atoms with Crippen molar-refractivity contribution >= 4 is 48.6 Å². The first kappa shape index (κ1) is 39.8. The number of fused-ring (bicyclic) bond motifs is 21. The van der Waals surface area contributed by atoms with E-state index in [1.807, 2.05) is 11.3 Å². The fraction of sp³-hybridized carbons (Fsp3) is 0.0294. The zero-order valence-corrected chi connectivity index (χ0v) is 39.7. The van der Waals surface area contributed by atoms with Crippen molar-refractivity contribution < 1.29 is 9.47 Å². The zero-order valence-electron chi connectivity index (χ0n) is 38.8. The molecule has 4 aliphatic rings. The molecule has 336 valence electrons. The molecule has 3 nitrogen and oxygen atoms in total. The van der Waals surface area contributed by atoms with Gasteiger partial charge in [-0.15, -0.1) is 11.3 Å². The Bertz CT molecular complexity index is 4170. The summed E-state index contributed by atoms with van der Waals surface area (Å²) in [6, 6.07) is 91.4. The van der Waals surface area contributed by atoms with Crippen LogP contribution in [0.1, 0.15) is 44.5 Å². The largest absolute Gasteiger partial charge is 0.457 e. The normalized spacial score (nSPS) is 14.3. The van der Waals surface area contributed by atoms with E-state index in [-0.39, 0.29) is 0 Å². The Labute approximate surface area is 421 Å². The van der Waals surface area contributed by atoms with Gasteiger partial charge in [0.15, 0.2) is 0 Å². The van der Waals surface area contributed by atoms with E-state index in [0.29, 0.717) is 0 Å². The predicted octanol–water partition coefficient (Wildman–Crippen LogP) is 18.1. The van der Waals surface area contributed by atoms with Gasteiger partial charge in [-0.25, -0.2) is 0 Å². The molecule has 0 atom stereocenters. The van der Waals surface area contributed by atoms with Crippen LogP contribution in [0.15, 0.2) is 249 Å². The molecule has 2 aliphatic heterocycles. The van der Waals surface area contributed by atoms with E-state index in [1.165, 1.54) is 75.8 Å². The highest BCUT2D eigenvalue weighted by atomic mass is 32.1. The second-order valence-corrected chi connectivity index (χ2v) is 20.4. The Morgan fingerprint density at radius 1 is 0.319 bits per heavy atom. The highest BCUT2D eigenvalue weighted by Gasteiger charge is 2.53. The number of benzene rings is 11. The molecule has 0 amide bonds. The van der Waals surface area contributed by atoms with Crippen LogP contribution in [0.4, 0.5) is 17.1 Å². The minimum absolute atomic E-state index is 0.570. The molecule has 3 heterocycles. The van der Waals surface area contributed by atoms with Crippen molar-refractivity contribution in [2.75, 3.05) is 4.90 Å². The highest BCUT2D eigenvalue weighted by molar-refractivity contribution is 7.26. The van der Waals surface area contributed by atoms with Crippen LogP contribution in [0, 0.1) is 0 Å². The number of anilines is 3. The summed E-state index contributed by atoms with van der Waals surface area (Å²) in [5.74, 6) is 3.54. The van der Waals surface area contributed by atoms with Crippen LogP contribution < -0.4 is 14.4 Å². The number of rotatable bonds is 4. The molecule has 1 aromatic heterocycles. The van der Waals surface area contributed by atoms with Crippen LogP contribution in [0.5, 0.6) is 23.0 Å². The maximum Gasteiger partial charge on any atom is 0.132 e. The molecular formula is C68H41NO2S. The summed E-state index contributed by atoms with van der Waals surface area (Å²) in [6.07, 6.45) is 0. The van der Waals surface area contributed by atoms with Crippen LogP contribution in [-0.2, 0) is 10.8 Å². The van der Waals surface area contributed by atoms with Gasteiger partial charge in [-0.1, -0.05) is 188 Å². The number of ether oxygens (including phenoxy) is 2. The molecule has 0 N–H and O–H groups in total. The molecule has 4 heteroatoms. The maximum atomic E-state index is 6.75. The van der Waals surface area contributed by atoms with Gasteiger partial charge in [0.05, 0.1) is 16.5 Å². The van der Waals surface area contributed by atoms with Crippen LogP contribution in [0.25, 0.3) is 53.6 Å². The second kappa shape index (κ2) is 14.8. The molecule has 16 rings (SSSR count). The Morgan fingerprint density at radius 2 is 0.778 bits per heavy atom. The van der Waals surface area contributed by atoms with Gasteiger partial charge in [0.1, 0.15) is 23.0 Å². The van der Waals surface area contributed by atoms with Crippen molar-refractivity contribution in [3.05, 3.63) is 293 Å². The first-order chi connectivity index (χ1) is 35.7. The van der Waals surface area contributed by atoms with E-state index in [9.17, 15) is 0 Å². The standard InChI is InChI=1S/C68H41NO2S/c1-4-22-51-46(17-1)50-41-44(39-40-53(50)67(51)54-24-6-10-30-60(54)70-61-31-11-7-25-55(61)67)69(43-37-35-42(36-38-43)45-20-15-21-48-47-18-3-14-34-64(47)72-66(45)48)59-29-16-28-58-65(59)49-19-2-5-23-52(49)68(58)56-26-8-12-32-62(56)71-63-33-13-9-27-57(63)68/h1-41H. The third kappa shape index (κ3) is 5.13. The van der Waals surface area contributed by atoms with Crippen molar-refractivity contribution in [2.24, 2.45) is 0 Å². The summed E-state index contributed by atoms with van der Waals surface area (Å²) in [7, 11) is 0. The van der Waals surface area contributed by atoms with Crippen molar-refractivity contribution in [1.82, 2.24) is 0 Å². The molecule has 72 heavy (non-hydrogen) atoms. The lowest BCUT2D eigenvalue weighted by molar-refractivity contribution is 0.436. The molecule has 0 bridgehead atoms. The third-order valence-electron chi connectivity index (χ3n) is 16.0. The van der Waals surface area contributed by atoms with Gasteiger partial charge < -0.3 is 14.4 Å². The van der Waals surface area contributed by atoms with Crippen molar-refractivity contribution in [1.29, 1.82) is 0 Å². The van der Waals surface area contributed by atoms with Crippen molar-refractivity contribution in [3.8, 4) is 56.4 Å². The second-order valence-electron chi connectivity index (χ2n) is 19.4. The molecule has 0 saturated carbocycles. The quantitative estimate of drug-likeness (QED) is 0.176. The molecule has 12 aromatic rings. The van der Waals surface area contributed by atoms with Crippen LogP contribution in [0.3, 0.4) is 0 Å². The number of nitrogens with zero attached hydrogens (tertiary/aromatic N) is 1. The number of para-hydroxylation sites is 4. The van der Waals surface area contributed by atoms with E-state index in [1.54, 1.807) is 0 Å². The van der Waals surface area contributed by atoms with Gasteiger partial charge in [-0.05, 0) is 111 Å². The first-order valence-electron chi connectivity index (χ1n) is 24.7. The Morgan fingerprint density at radius 3 is 1.43 bits per heavy atom. The monoisotopic (exact) mass is 935 g/mol. The number of hydrogen-bond donors (Lipinski definition) is 0.